The molecule has 1 aromatic carbocycles. The van der Waals surface area contributed by atoms with Crippen LogP contribution in [0.5, 0.6) is 17.2 Å². The second kappa shape index (κ2) is 8.25. The molecule has 1 aromatic rings. The number of methoxy groups -OCH3 is 3. The molecule has 5 nitrogen and oxygen atoms in total. The summed E-state index contributed by atoms with van der Waals surface area (Å²) in [7, 11) is 4.90. The molecule has 2 atom stereocenters. The molecule has 0 saturated heterocycles. The molecule has 22 heavy (non-hydrogen) atoms. The van der Waals surface area contributed by atoms with E-state index >= 15 is 0 Å². The molecule has 5 heteroatoms. The minimum Gasteiger partial charge on any atom is -0.493 e. The summed E-state index contributed by atoms with van der Waals surface area (Å²) in [5.74, 6) is 2.59. The molecule has 1 fully saturated rings. The number of hydrogen-bond donors (Lipinski definition) is 2. The molecule has 2 rings (SSSR count). The lowest BCUT2D eigenvalue weighted by atomic mass is 9.84. The van der Waals surface area contributed by atoms with Gasteiger partial charge in [-0.3, -0.25) is 0 Å². The maximum Gasteiger partial charge on any atom is 0.203 e. The first kappa shape index (κ1) is 16.9. The van der Waals surface area contributed by atoms with Crippen LogP contribution in [0.25, 0.3) is 0 Å². The highest BCUT2D eigenvalue weighted by atomic mass is 16.5. The average Bonchev–Trinajstić information content (AvgIpc) is 2.58. The van der Waals surface area contributed by atoms with E-state index in [-0.39, 0.29) is 0 Å². The smallest absolute Gasteiger partial charge is 0.203 e. The molecule has 1 aliphatic rings. The minimum atomic E-state index is 0.498. The van der Waals surface area contributed by atoms with Crippen LogP contribution in [0.2, 0.25) is 0 Å². The Labute approximate surface area is 133 Å². The van der Waals surface area contributed by atoms with Gasteiger partial charge in [0.2, 0.25) is 5.75 Å². The van der Waals surface area contributed by atoms with Crippen molar-refractivity contribution in [1.82, 2.24) is 5.32 Å². The van der Waals surface area contributed by atoms with Crippen molar-refractivity contribution in [1.29, 1.82) is 0 Å². The van der Waals surface area contributed by atoms with Gasteiger partial charge in [-0.15, -0.1) is 0 Å². The standard InChI is InChI=1S/C17H28N2O3/c1-20-15-8-12(9-16(21-2)17(15)22-3)11-19-14-7-5-4-6-13(14)10-18/h8-9,13-14,19H,4-7,10-11,18H2,1-3H3. The van der Waals surface area contributed by atoms with Gasteiger partial charge in [0.15, 0.2) is 11.5 Å². The Balaban J connectivity index is 2.09. The SMILES string of the molecule is COc1cc(CNC2CCCCC2CN)cc(OC)c1OC. The lowest BCUT2D eigenvalue weighted by Crippen LogP contribution is -2.41. The molecule has 0 aromatic heterocycles. The Kier molecular flexibility index (Phi) is 6.34. The topological polar surface area (TPSA) is 65.7 Å². The molecule has 0 aliphatic heterocycles. The van der Waals surface area contributed by atoms with E-state index in [0.29, 0.717) is 29.2 Å². The van der Waals surface area contributed by atoms with E-state index in [4.69, 9.17) is 19.9 Å². The molecule has 3 N–H and O–H groups in total. The highest BCUT2D eigenvalue weighted by Gasteiger charge is 2.23. The van der Waals surface area contributed by atoms with Crippen LogP contribution in [0, 0.1) is 5.92 Å². The first-order chi connectivity index (χ1) is 10.7. The van der Waals surface area contributed by atoms with E-state index in [1.165, 1.54) is 25.7 Å². The summed E-state index contributed by atoms with van der Waals surface area (Å²) in [5, 5.41) is 3.65. The van der Waals surface area contributed by atoms with Gasteiger partial charge in [-0.1, -0.05) is 12.8 Å². The maximum absolute atomic E-state index is 5.90. The molecule has 0 amide bonds. The zero-order valence-corrected chi connectivity index (χ0v) is 13.9. The van der Waals surface area contributed by atoms with E-state index in [9.17, 15) is 0 Å². The largest absolute Gasteiger partial charge is 0.493 e. The van der Waals surface area contributed by atoms with Crippen molar-refractivity contribution < 1.29 is 14.2 Å². The van der Waals surface area contributed by atoms with E-state index in [2.05, 4.69) is 5.32 Å². The van der Waals surface area contributed by atoms with Crippen LogP contribution in [0.1, 0.15) is 31.2 Å². The Morgan fingerprint density at radius 1 is 1.05 bits per heavy atom. The van der Waals surface area contributed by atoms with Crippen molar-refractivity contribution in [3.8, 4) is 17.2 Å². The van der Waals surface area contributed by atoms with E-state index in [0.717, 1.165) is 18.7 Å². The maximum atomic E-state index is 5.90. The Morgan fingerprint density at radius 3 is 2.23 bits per heavy atom. The summed E-state index contributed by atoms with van der Waals surface area (Å²) in [4.78, 5) is 0. The molecule has 2 unspecified atom stereocenters. The second-order valence-corrected chi connectivity index (χ2v) is 5.80. The summed E-state index contributed by atoms with van der Waals surface area (Å²) in [6.07, 6.45) is 5.00. The molecular weight excluding hydrogens is 280 g/mol. The summed E-state index contributed by atoms with van der Waals surface area (Å²) in [6, 6.07) is 4.49. The highest BCUT2D eigenvalue weighted by molar-refractivity contribution is 5.53. The van der Waals surface area contributed by atoms with Crippen molar-refractivity contribution in [3.05, 3.63) is 17.7 Å². The van der Waals surface area contributed by atoms with Gasteiger partial charge in [0, 0.05) is 12.6 Å². The lowest BCUT2D eigenvalue weighted by molar-refractivity contribution is 0.266. The van der Waals surface area contributed by atoms with Crippen LogP contribution in [0.4, 0.5) is 0 Å². The Hall–Kier alpha value is -1.46. The molecule has 0 radical (unpaired) electrons. The molecule has 1 aliphatic carbocycles. The first-order valence-electron chi connectivity index (χ1n) is 7.95. The second-order valence-electron chi connectivity index (χ2n) is 5.80. The number of rotatable bonds is 7. The fourth-order valence-corrected chi connectivity index (χ4v) is 3.24. The Morgan fingerprint density at radius 2 is 1.68 bits per heavy atom. The fourth-order valence-electron chi connectivity index (χ4n) is 3.24. The van der Waals surface area contributed by atoms with Gasteiger partial charge in [-0.25, -0.2) is 0 Å². The third kappa shape index (κ3) is 3.84. The molecule has 124 valence electrons. The van der Waals surface area contributed by atoms with Gasteiger partial charge in [0.05, 0.1) is 21.3 Å². The van der Waals surface area contributed by atoms with Crippen LogP contribution >= 0.6 is 0 Å². The normalized spacial score (nSPS) is 21.5. The Bertz CT molecular complexity index is 454. The third-order valence-corrected chi connectivity index (χ3v) is 4.50. The quantitative estimate of drug-likeness (QED) is 0.809. The van der Waals surface area contributed by atoms with Crippen LogP contribution in [-0.4, -0.2) is 33.9 Å². The number of hydrogen-bond acceptors (Lipinski definition) is 5. The average molecular weight is 308 g/mol. The van der Waals surface area contributed by atoms with Gasteiger partial charge < -0.3 is 25.3 Å². The summed E-state index contributed by atoms with van der Waals surface area (Å²) >= 11 is 0. The third-order valence-electron chi connectivity index (χ3n) is 4.50. The van der Waals surface area contributed by atoms with Crippen molar-refractivity contribution in [2.75, 3.05) is 27.9 Å². The molecule has 0 spiro atoms. The van der Waals surface area contributed by atoms with Gasteiger partial charge in [-0.2, -0.15) is 0 Å². The van der Waals surface area contributed by atoms with Gasteiger partial charge in [-0.05, 0) is 43.0 Å². The summed E-state index contributed by atoms with van der Waals surface area (Å²) < 4.78 is 16.2. The van der Waals surface area contributed by atoms with Crippen LogP contribution in [0.15, 0.2) is 12.1 Å². The van der Waals surface area contributed by atoms with E-state index in [1.54, 1.807) is 21.3 Å². The van der Waals surface area contributed by atoms with Crippen molar-refractivity contribution in [2.24, 2.45) is 11.7 Å². The number of nitrogens with two attached hydrogens (primary N) is 1. The van der Waals surface area contributed by atoms with Crippen molar-refractivity contribution in [3.63, 3.8) is 0 Å². The summed E-state index contributed by atoms with van der Waals surface area (Å²) in [5.41, 5.74) is 7.02. The van der Waals surface area contributed by atoms with Crippen molar-refractivity contribution >= 4 is 0 Å². The molecule has 0 bridgehead atoms. The van der Waals surface area contributed by atoms with Gasteiger partial charge in [0.25, 0.3) is 0 Å². The van der Waals surface area contributed by atoms with E-state index < -0.39 is 0 Å². The fraction of sp³-hybridized carbons (Fsp3) is 0.647. The zero-order valence-electron chi connectivity index (χ0n) is 13.9. The zero-order chi connectivity index (χ0) is 15.9. The van der Waals surface area contributed by atoms with Crippen LogP contribution in [0.3, 0.4) is 0 Å². The van der Waals surface area contributed by atoms with Crippen LogP contribution in [-0.2, 0) is 6.54 Å². The summed E-state index contributed by atoms with van der Waals surface area (Å²) in [6.45, 7) is 1.53. The predicted molar refractivity (Wildman–Crippen MR) is 87.7 cm³/mol. The molecule has 0 heterocycles. The number of benzene rings is 1. The number of nitrogens with one attached hydrogen (secondary N) is 1. The number of ether oxygens (including phenoxy) is 3. The highest BCUT2D eigenvalue weighted by Crippen LogP contribution is 2.38. The van der Waals surface area contributed by atoms with Gasteiger partial charge in [0.1, 0.15) is 0 Å². The lowest BCUT2D eigenvalue weighted by Gasteiger charge is -2.31. The monoisotopic (exact) mass is 308 g/mol. The minimum absolute atomic E-state index is 0.498. The van der Waals surface area contributed by atoms with Crippen molar-refractivity contribution in [2.45, 2.75) is 38.3 Å². The van der Waals surface area contributed by atoms with Crippen LogP contribution < -0.4 is 25.3 Å². The molecule has 1 saturated carbocycles. The first-order valence-corrected chi connectivity index (χ1v) is 7.95. The molecular formula is C17H28N2O3. The van der Waals surface area contributed by atoms with E-state index in [1.807, 2.05) is 12.1 Å². The predicted octanol–water partition coefficient (Wildman–Crippen LogP) is 2.32. The van der Waals surface area contributed by atoms with Gasteiger partial charge >= 0.3 is 0 Å².